The second-order valence-electron chi connectivity index (χ2n) is 6.16. The van der Waals surface area contributed by atoms with E-state index in [-0.39, 0.29) is 25.0 Å². The maximum absolute atomic E-state index is 11.9. The van der Waals surface area contributed by atoms with Crippen LogP contribution in [0.4, 0.5) is 5.69 Å². The molecule has 7 heteroatoms. The second kappa shape index (κ2) is 11.5. The number of esters is 2. The molecule has 6 nitrogen and oxygen atoms in total. The van der Waals surface area contributed by atoms with Crippen LogP contribution in [0.1, 0.15) is 26.3 Å². The van der Waals surface area contributed by atoms with Crippen LogP contribution in [-0.4, -0.2) is 66.7 Å². The molecule has 1 heterocycles. The van der Waals surface area contributed by atoms with Crippen molar-refractivity contribution in [2.75, 3.05) is 50.0 Å². The van der Waals surface area contributed by atoms with Gasteiger partial charge in [-0.1, -0.05) is 23.9 Å². The third kappa shape index (κ3) is 6.71. The lowest BCUT2D eigenvalue weighted by atomic mass is 10.2. The summed E-state index contributed by atoms with van der Waals surface area (Å²) in [5, 5.41) is 1.29. The molecule has 1 aromatic carbocycles. The number of anilines is 1. The first-order chi connectivity index (χ1) is 13.6. The molecule has 0 unspecified atom stereocenters. The van der Waals surface area contributed by atoms with Crippen LogP contribution < -0.4 is 4.90 Å². The molecule has 0 aliphatic carbocycles. The summed E-state index contributed by atoms with van der Waals surface area (Å²) in [6, 6.07) is 7.77. The van der Waals surface area contributed by atoms with E-state index in [0.29, 0.717) is 13.2 Å². The molecule has 1 aliphatic rings. The average Bonchev–Trinajstić information content (AvgIpc) is 3.14. The van der Waals surface area contributed by atoms with Crippen LogP contribution in [0.3, 0.4) is 0 Å². The fourth-order valence-electron chi connectivity index (χ4n) is 2.86. The lowest BCUT2D eigenvalue weighted by Crippen LogP contribution is -2.36. The molecule has 0 bridgehead atoms. The van der Waals surface area contributed by atoms with Gasteiger partial charge in [-0.25, -0.2) is 4.58 Å². The Morgan fingerprint density at radius 3 is 2.18 bits per heavy atom. The minimum Gasteiger partial charge on any atom is -0.465 e. The summed E-state index contributed by atoms with van der Waals surface area (Å²) in [4.78, 5) is 25.5. The van der Waals surface area contributed by atoms with Gasteiger partial charge in [-0.05, 0) is 44.5 Å². The number of thioether (sulfide) groups is 1. The fourth-order valence-corrected chi connectivity index (χ4v) is 3.94. The predicted octanol–water partition coefficient (Wildman–Crippen LogP) is 2.81. The van der Waals surface area contributed by atoms with Gasteiger partial charge in [0.25, 0.3) is 0 Å². The maximum atomic E-state index is 11.9. The van der Waals surface area contributed by atoms with E-state index < -0.39 is 0 Å². The molecule has 28 heavy (non-hydrogen) atoms. The van der Waals surface area contributed by atoms with E-state index >= 15 is 0 Å². The highest BCUT2D eigenvalue weighted by Crippen LogP contribution is 2.18. The lowest BCUT2D eigenvalue weighted by molar-refractivity contribution is -0.513. The third-order valence-corrected chi connectivity index (χ3v) is 5.31. The van der Waals surface area contributed by atoms with Crippen molar-refractivity contribution in [1.29, 1.82) is 0 Å². The minimum absolute atomic E-state index is 0.00185. The molecule has 0 N–H and O–H groups in total. The van der Waals surface area contributed by atoms with Crippen molar-refractivity contribution in [2.24, 2.45) is 0 Å². The van der Waals surface area contributed by atoms with Gasteiger partial charge in [0.15, 0.2) is 6.54 Å². The van der Waals surface area contributed by atoms with Crippen molar-refractivity contribution < 1.29 is 23.6 Å². The quantitative estimate of drug-likeness (QED) is 0.441. The molecule has 0 radical (unpaired) electrons. The topological polar surface area (TPSA) is 58.9 Å². The Morgan fingerprint density at radius 1 is 1.04 bits per heavy atom. The molecule has 2 rings (SSSR count). The molecule has 0 aromatic heterocycles. The number of benzene rings is 1. The van der Waals surface area contributed by atoms with Crippen molar-refractivity contribution in [1.82, 2.24) is 0 Å². The summed E-state index contributed by atoms with van der Waals surface area (Å²) in [7, 11) is 0. The monoisotopic (exact) mass is 405 g/mol. The molecular formula is C21H29N2O4S+. The van der Waals surface area contributed by atoms with Crippen LogP contribution in [0, 0.1) is 0 Å². The molecule has 1 aromatic rings. The number of hydrogen-bond donors (Lipinski definition) is 0. The predicted molar refractivity (Wildman–Crippen MR) is 114 cm³/mol. The Kier molecular flexibility index (Phi) is 9.07. The van der Waals surface area contributed by atoms with Crippen LogP contribution in [-0.2, 0) is 19.1 Å². The Hall–Kier alpha value is -2.28. The summed E-state index contributed by atoms with van der Waals surface area (Å²) in [6.45, 7) is 8.41. The minimum atomic E-state index is -0.370. The van der Waals surface area contributed by atoms with Gasteiger partial charge in [-0.3, -0.25) is 9.59 Å². The van der Waals surface area contributed by atoms with E-state index in [1.807, 2.05) is 36.0 Å². The summed E-state index contributed by atoms with van der Waals surface area (Å²) < 4.78 is 12.4. The highest BCUT2D eigenvalue weighted by molar-refractivity contribution is 8.14. The summed E-state index contributed by atoms with van der Waals surface area (Å²) in [6.07, 6.45) is 4.23. The number of ether oxygens (including phenoxy) is 2. The molecule has 0 amide bonds. The largest absolute Gasteiger partial charge is 0.465 e. The number of rotatable bonds is 10. The van der Waals surface area contributed by atoms with E-state index in [1.165, 1.54) is 5.04 Å². The summed E-state index contributed by atoms with van der Waals surface area (Å²) in [5.41, 5.74) is 1.84. The van der Waals surface area contributed by atoms with Gasteiger partial charge in [0.1, 0.15) is 19.6 Å². The maximum Gasteiger partial charge on any atom is 0.325 e. The molecule has 152 valence electrons. The van der Waals surface area contributed by atoms with E-state index in [0.717, 1.165) is 30.1 Å². The first kappa shape index (κ1) is 22.0. The molecule has 0 spiro atoms. The van der Waals surface area contributed by atoms with Crippen molar-refractivity contribution in [2.45, 2.75) is 20.8 Å². The van der Waals surface area contributed by atoms with Crippen molar-refractivity contribution in [3.63, 3.8) is 0 Å². The van der Waals surface area contributed by atoms with Crippen LogP contribution in [0.15, 0.2) is 30.3 Å². The molecular weight excluding hydrogens is 376 g/mol. The summed E-state index contributed by atoms with van der Waals surface area (Å²) in [5.74, 6) is 0.388. The van der Waals surface area contributed by atoms with Gasteiger partial charge in [0, 0.05) is 11.8 Å². The zero-order valence-corrected chi connectivity index (χ0v) is 17.7. The van der Waals surface area contributed by atoms with Crippen LogP contribution in [0.5, 0.6) is 0 Å². The SMILES string of the molecule is CCOC(=O)CN(CC(=O)OCC)c1ccc(/C=C/C2=[N+](CC)CCS2)cc1. The first-order valence-corrected chi connectivity index (χ1v) is 10.6. The normalized spacial score (nSPS) is 13.8. The Morgan fingerprint density at radius 2 is 1.64 bits per heavy atom. The lowest BCUT2D eigenvalue weighted by Gasteiger charge is -2.22. The second-order valence-corrected chi connectivity index (χ2v) is 7.27. The molecule has 0 saturated carbocycles. The summed E-state index contributed by atoms with van der Waals surface area (Å²) >= 11 is 1.87. The van der Waals surface area contributed by atoms with E-state index in [9.17, 15) is 9.59 Å². The standard InChI is InChI=1S/C21H29N2O4S/c1-4-22-13-14-28-19(22)12-9-17-7-10-18(11-8-17)23(15-20(24)26-5-2)16-21(25)27-6-3/h7-12H,4-6,13-16H2,1-3H3/q+1. The van der Waals surface area contributed by atoms with E-state index in [2.05, 4.69) is 23.7 Å². The number of nitrogens with zero attached hydrogens (tertiary/aromatic N) is 2. The van der Waals surface area contributed by atoms with E-state index in [4.69, 9.17) is 9.47 Å². The van der Waals surface area contributed by atoms with Gasteiger partial charge in [0.2, 0.25) is 5.04 Å². The first-order valence-electron chi connectivity index (χ1n) is 9.66. The molecule has 0 atom stereocenters. The van der Waals surface area contributed by atoms with Crippen LogP contribution >= 0.6 is 11.8 Å². The van der Waals surface area contributed by atoms with E-state index in [1.54, 1.807) is 18.7 Å². The van der Waals surface area contributed by atoms with Gasteiger partial charge < -0.3 is 14.4 Å². The van der Waals surface area contributed by atoms with Crippen LogP contribution in [0.2, 0.25) is 0 Å². The number of carbonyl (C=O) groups excluding carboxylic acids is 2. The van der Waals surface area contributed by atoms with Gasteiger partial charge >= 0.3 is 11.9 Å². The molecule has 0 fully saturated rings. The molecule has 0 saturated heterocycles. The average molecular weight is 406 g/mol. The van der Waals surface area contributed by atoms with Gasteiger partial charge in [-0.15, -0.1) is 0 Å². The van der Waals surface area contributed by atoms with Crippen molar-refractivity contribution >= 4 is 40.5 Å². The highest BCUT2D eigenvalue weighted by Gasteiger charge is 2.19. The Balaban J connectivity index is 2.10. The van der Waals surface area contributed by atoms with Crippen molar-refractivity contribution in [3.8, 4) is 0 Å². The molecule has 1 aliphatic heterocycles. The zero-order chi connectivity index (χ0) is 20.4. The van der Waals surface area contributed by atoms with Crippen LogP contribution in [0.25, 0.3) is 6.08 Å². The number of hydrogen-bond acceptors (Lipinski definition) is 6. The zero-order valence-electron chi connectivity index (χ0n) is 16.8. The highest BCUT2D eigenvalue weighted by atomic mass is 32.2. The van der Waals surface area contributed by atoms with Gasteiger partial charge in [-0.2, -0.15) is 0 Å². The Labute approximate surface area is 171 Å². The van der Waals surface area contributed by atoms with Crippen molar-refractivity contribution in [3.05, 3.63) is 35.9 Å². The fraction of sp³-hybridized carbons (Fsp3) is 0.476. The Bertz CT molecular complexity index is 708. The smallest absolute Gasteiger partial charge is 0.325 e. The third-order valence-electron chi connectivity index (χ3n) is 4.23. The van der Waals surface area contributed by atoms with Gasteiger partial charge in [0.05, 0.1) is 19.0 Å². The number of carbonyl (C=O) groups is 2.